The molecule has 0 aliphatic heterocycles. The van der Waals surface area contributed by atoms with E-state index in [4.69, 9.17) is 18.9 Å². The van der Waals surface area contributed by atoms with E-state index in [2.05, 4.69) is 14.2 Å². The molecule has 0 radical (unpaired) electrons. The molecule has 0 aliphatic rings. The molecule has 180 valence electrons. The Balaban J connectivity index is 4.98. The summed E-state index contributed by atoms with van der Waals surface area (Å²) in [5.41, 5.74) is -0.800. The Labute approximate surface area is 182 Å². The number of rotatable bonds is 20. The molecular formula is C20H34O11. The summed E-state index contributed by atoms with van der Waals surface area (Å²) in [6, 6.07) is 0. The van der Waals surface area contributed by atoms with Crippen LogP contribution >= 0.6 is 0 Å². The zero-order chi connectivity index (χ0) is 23.4. The molecule has 0 atom stereocenters. The molecule has 0 aromatic heterocycles. The maximum Gasteiger partial charge on any atom is 0.307 e. The highest BCUT2D eigenvalue weighted by Crippen LogP contribution is 2.21. The van der Waals surface area contributed by atoms with Crippen molar-refractivity contribution in [3.05, 3.63) is 0 Å². The van der Waals surface area contributed by atoms with Gasteiger partial charge in [-0.25, -0.2) is 0 Å². The first-order valence-corrected chi connectivity index (χ1v) is 9.88. The predicted molar refractivity (Wildman–Crippen MR) is 106 cm³/mol. The third-order valence-electron chi connectivity index (χ3n) is 4.05. The molecule has 0 rings (SSSR count). The van der Waals surface area contributed by atoms with Gasteiger partial charge in [0, 0.05) is 6.42 Å². The molecule has 0 amide bonds. The number of esters is 3. The number of hydrogen-bond donors (Lipinski definition) is 0. The molecule has 11 nitrogen and oxygen atoms in total. The molecule has 0 aromatic carbocycles. The lowest BCUT2D eigenvalue weighted by Gasteiger charge is -2.33. The number of aldehydes is 1. The van der Waals surface area contributed by atoms with E-state index in [1.54, 1.807) is 0 Å². The fourth-order valence-corrected chi connectivity index (χ4v) is 2.31. The second-order valence-corrected chi connectivity index (χ2v) is 6.64. The second-order valence-electron chi connectivity index (χ2n) is 6.64. The van der Waals surface area contributed by atoms with E-state index < -0.39 is 23.3 Å². The van der Waals surface area contributed by atoms with Crippen LogP contribution in [0.3, 0.4) is 0 Å². The molecule has 0 unspecified atom stereocenters. The smallest absolute Gasteiger partial charge is 0.307 e. The van der Waals surface area contributed by atoms with Gasteiger partial charge in [0.2, 0.25) is 0 Å². The molecule has 0 spiro atoms. The number of hydrogen-bond acceptors (Lipinski definition) is 11. The largest absolute Gasteiger partial charge is 0.469 e. The van der Waals surface area contributed by atoms with Gasteiger partial charge in [0.1, 0.15) is 6.29 Å². The van der Waals surface area contributed by atoms with Gasteiger partial charge in [-0.3, -0.25) is 14.4 Å². The van der Waals surface area contributed by atoms with Gasteiger partial charge in [-0.2, -0.15) is 0 Å². The SMILES string of the molecule is COC(=O)CCOCC(COCCC=O)(COCCC(=O)OC)COCCC(=O)OC. The normalized spacial score (nSPS) is 11.1. The lowest BCUT2D eigenvalue weighted by Crippen LogP contribution is -2.42. The summed E-state index contributed by atoms with van der Waals surface area (Å²) in [6.45, 7) is 1.03. The minimum Gasteiger partial charge on any atom is -0.469 e. The summed E-state index contributed by atoms with van der Waals surface area (Å²) in [5, 5.41) is 0. The third-order valence-corrected chi connectivity index (χ3v) is 4.05. The molecule has 0 saturated carbocycles. The highest BCUT2D eigenvalue weighted by molar-refractivity contribution is 5.69. The maximum absolute atomic E-state index is 11.3. The van der Waals surface area contributed by atoms with Gasteiger partial charge in [-0.05, 0) is 0 Å². The van der Waals surface area contributed by atoms with Gasteiger partial charge in [0.25, 0.3) is 0 Å². The quantitative estimate of drug-likeness (QED) is 0.110. The molecular weight excluding hydrogens is 416 g/mol. The minimum atomic E-state index is -0.800. The Morgan fingerprint density at radius 3 is 1.23 bits per heavy atom. The molecule has 0 fully saturated rings. The second kappa shape index (κ2) is 18.7. The van der Waals surface area contributed by atoms with Crippen molar-refractivity contribution >= 4 is 24.2 Å². The van der Waals surface area contributed by atoms with Crippen molar-refractivity contribution in [2.24, 2.45) is 5.41 Å². The van der Waals surface area contributed by atoms with E-state index in [1.165, 1.54) is 21.3 Å². The van der Waals surface area contributed by atoms with E-state index in [-0.39, 0.29) is 78.5 Å². The van der Waals surface area contributed by atoms with Crippen LogP contribution in [0.2, 0.25) is 0 Å². The lowest BCUT2D eigenvalue weighted by atomic mass is 9.92. The van der Waals surface area contributed by atoms with Gasteiger partial charge in [-0.1, -0.05) is 0 Å². The van der Waals surface area contributed by atoms with Crippen LogP contribution in [0.15, 0.2) is 0 Å². The maximum atomic E-state index is 11.3. The fourth-order valence-electron chi connectivity index (χ4n) is 2.31. The van der Waals surface area contributed by atoms with E-state index in [1.807, 2.05) is 0 Å². The Morgan fingerprint density at radius 2 is 0.935 bits per heavy atom. The van der Waals surface area contributed by atoms with Crippen LogP contribution in [0.1, 0.15) is 25.7 Å². The van der Waals surface area contributed by atoms with Crippen LogP contribution in [0.4, 0.5) is 0 Å². The summed E-state index contributed by atoms with van der Waals surface area (Å²) < 4.78 is 36.2. The van der Waals surface area contributed by atoms with E-state index in [9.17, 15) is 19.2 Å². The monoisotopic (exact) mass is 450 g/mol. The zero-order valence-corrected chi connectivity index (χ0v) is 18.6. The van der Waals surface area contributed by atoms with E-state index in [0.717, 1.165) is 6.29 Å². The van der Waals surface area contributed by atoms with E-state index >= 15 is 0 Å². The Kier molecular flexibility index (Phi) is 17.4. The average molecular weight is 450 g/mol. The molecule has 0 aliphatic carbocycles. The number of carbonyl (C=O) groups is 4. The van der Waals surface area contributed by atoms with Gasteiger partial charge in [-0.15, -0.1) is 0 Å². The van der Waals surface area contributed by atoms with Crippen molar-refractivity contribution in [1.29, 1.82) is 0 Å². The molecule has 0 bridgehead atoms. The highest BCUT2D eigenvalue weighted by atomic mass is 16.5. The minimum absolute atomic E-state index is 0.0744. The standard InChI is InChI=1S/C20H34O11/c1-25-17(22)5-10-29-14-20(13-28-9-4-8-21,15-30-11-6-18(23)26-2)16-31-12-7-19(24)27-3/h8H,4-7,9-16H2,1-3H3. The van der Waals surface area contributed by atoms with E-state index in [0.29, 0.717) is 0 Å². The van der Waals surface area contributed by atoms with Crippen LogP contribution in [-0.4, -0.2) is 98.4 Å². The third kappa shape index (κ3) is 15.4. The zero-order valence-electron chi connectivity index (χ0n) is 18.6. The molecule has 31 heavy (non-hydrogen) atoms. The van der Waals surface area contributed by atoms with Crippen LogP contribution in [0.25, 0.3) is 0 Å². The number of methoxy groups -OCH3 is 3. The molecule has 0 saturated heterocycles. The first kappa shape index (κ1) is 28.9. The summed E-state index contributed by atoms with van der Waals surface area (Å²) in [6.07, 6.45) is 1.20. The average Bonchev–Trinajstić information content (AvgIpc) is 2.79. The van der Waals surface area contributed by atoms with Gasteiger partial charge in [0.05, 0.1) is 98.9 Å². The van der Waals surface area contributed by atoms with Crippen molar-refractivity contribution in [2.45, 2.75) is 25.7 Å². The van der Waals surface area contributed by atoms with Gasteiger partial charge >= 0.3 is 17.9 Å². The van der Waals surface area contributed by atoms with Crippen molar-refractivity contribution in [3.63, 3.8) is 0 Å². The Bertz CT molecular complexity index is 461. The Hall–Kier alpha value is -2.08. The lowest BCUT2D eigenvalue weighted by molar-refractivity contribution is -0.144. The predicted octanol–water partition coefficient (Wildman–Crippen LogP) is 0.318. The van der Waals surface area contributed by atoms with Crippen molar-refractivity contribution in [1.82, 2.24) is 0 Å². The van der Waals surface area contributed by atoms with Gasteiger partial charge < -0.3 is 38.0 Å². The first-order chi connectivity index (χ1) is 14.9. The molecule has 0 aromatic rings. The number of carbonyl (C=O) groups excluding carboxylic acids is 4. The molecule has 0 heterocycles. The van der Waals surface area contributed by atoms with Crippen molar-refractivity contribution < 1.29 is 52.3 Å². The first-order valence-electron chi connectivity index (χ1n) is 9.88. The van der Waals surface area contributed by atoms with Crippen LogP contribution < -0.4 is 0 Å². The summed E-state index contributed by atoms with van der Waals surface area (Å²) in [4.78, 5) is 44.4. The molecule has 11 heteroatoms. The van der Waals surface area contributed by atoms with Gasteiger partial charge in [0.15, 0.2) is 0 Å². The Morgan fingerprint density at radius 1 is 0.613 bits per heavy atom. The van der Waals surface area contributed by atoms with Crippen molar-refractivity contribution in [3.8, 4) is 0 Å². The number of ether oxygens (including phenoxy) is 7. The van der Waals surface area contributed by atoms with Crippen LogP contribution in [0, 0.1) is 5.41 Å². The summed E-state index contributed by atoms with van der Waals surface area (Å²) >= 11 is 0. The molecule has 0 N–H and O–H groups in total. The van der Waals surface area contributed by atoms with Crippen molar-refractivity contribution in [2.75, 3.05) is 74.2 Å². The van der Waals surface area contributed by atoms with Crippen LogP contribution in [-0.2, 0) is 52.3 Å². The van der Waals surface area contributed by atoms with Crippen LogP contribution in [0.5, 0.6) is 0 Å². The topological polar surface area (TPSA) is 133 Å². The fraction of sp³-hybridized carbons (Fsp3) is 0.800. The summed E-state index contributed by atoms with van der Waals surface area (Å²) in [5.74, 6) is -1.22. The summed E-state index contributed by atoms with van der Waals surface area (Å²) in [7, 11) is 3.87. The highest BCUT2D eigenvalue weighted by Gasteiger charge is 2.33.